The fourth-order valence-electron chi connectivity index (χ4n) is 3.22. The van der Waals surface area contributed by atoms with Crippen molar-refractivity contribution in [2.45, 2.75) is 58.9 Å². The number of hydrogen-bond donors (Lipinski definition) is 4. The van der Waals surface area contributed by atoms with Gasteiger partial charge in [-0.05, 0) is 66.3 Å². The molecule has 0 heterocycles. The number of thiocarbonyl (C=S) groups is 2. The van der Waals surface area contributed by atoms with Crippen LogP contribution in [-0.4, -0.2) is 16.3 Å². The van der Waals surface area contributed by atoms with Gasteiger partial charge in [-0.2, -0.15) is 0 Å². The maximum Gasteiger partial charge on any atom is 0.189 e. The van der Waals surface area contributed by atoms with Crippen LogP contribution in [0.3, 0.4) is 0 Å². The summed E-state index contributed by atoms with van der Waals surface area (Å²) in [7, 11) is 0. The minimum Gasteiger partial charge on any atom is -0.358 e. The molecule has 1 saturated carbocycles. The molecule has 1 aliphatic rings. The SMILES string of the molecule is CC(C)c1ccc(NC(=S)NNC(=S)N[C@H]2CCC[C@H](C)[C@H]2C)cc1. The van der Waals surface area contributed by atoms with E-state index in [1.165, 1.54) is 18.4 Å². The van der Waals surface area contributed by atoms with Gasteiger partial charge in [-0.1, -0.05) is 52.7 Å². The molecule has 2 rings (SSSR count). The minimum absolute atomic E-state index is 0.427. The van der Waals surface area contributed by atoms with Gasteiger partial charge in [0.25, 0.3) is 0 Å². The summed E-state index contributed by atoms with van der Waals surface area (Å²) < 4.78 is 0. The average molecular weight is 379 g/mol. The maximum atomic E-state index is 5.38. The summed E-state index contributed by atoms with van der Waals surface area (Å²) in [5.74, 6) is 1.88. The smallest absolute Gasteiger partial charge is 0.189 e. The van der Waals surface area contributed by atoms with Crippen LogP contribution in [0.2, 0.25) is 0 Å². The van der Waals surface area contributed by atoms with Gasteiger partial charge in [-0.25, -0.2) is 0 Å². The van der Waals surface area contributed by atoms with Crippen molar-refractivity contribution in [2.75, 3.05) is 5.32 Å². The highest BCUT2D eigenvalue weighted by Gasteiger charge is 2.27. The Morgan fingerprint density at radius 3 is 2.28 bits per heavy atom. The number of anilines is 1. The Bertz CT molecular complexity index is 586. The van der Waals surface area contributed by atoms with Crippen molar-refractivity contribution in [3.05, 3.63) is 29.8 Å². The van der Waals surface area contributed by atoms with E-state index in [-0.39, 0.29) is 0 Å². The molecule has 6 heteroatoms. The maximum absolute atomic E-state index is 5.38. The van der Waals surface area contributed by atoms with Crippen molar-refractivity contribution in [1.82, 2.24) is 16.2 Å². The Hall–Kier alpha value is -1.40. The second kappa shape index (κ2) is 9.34. The lowest BCUT2D eigenvalue weighted by Gasteiger charge is -2.35. The normalized spacial score (nSPS) is 23.0. The standard InChI is InChI=1S/C19H30N4S2/c1-12(2)15-8-10-16(11-9-15)20-18(24)22-23-19(25)21-17-7-5-6-13(3)14(17)4/h8-14,17H,5-7H2,1-4H3,(H2,20,22,24)(H2,21,23,25)/t13-,14+,17-/m0/s1. The summed E-state index contributed by atoms with van der Waals surface area (Å²) in [4.78, 5) is 0. The zero-order valence-corrected chi connectivity index (χ0v) is 17.2. The first kappa shape index (κ1) is 19.9. The molecular formula is C19H30N4S2. The van der Waals surface area contributed by atoms with E-state index in [9.17, 15) is 0 Å². The molecule has 4 N–H and O–H groups in total. The van der Waals surface area contributed by atoms with Crippen molar-refractivity contribution in [2.24, 2.45) is 11.8 Å². The molecule has 1 fully saturated rings. The number of nitrogens with one attached hydrogen (secondary N) is 4. The van der Waals surface area contributed by atoms with E-state index in [0.717, 1.165) is 18.0 Å². The summed E-state index contributed by atoms with van der Waals surface area (Å²) >= 11 is 10.7. The highest BCUT2D eigenvalue weighted by Crippen LogP contribution is 2.29. The Morgan fingerprint density at radius 1 is 1.00 bits per heavy atom. The van der Waals surface area contributed by atoms with Gasteiger partial charge in [-0.3, -0.25) is 10.9 Å². The van der Waals surface area contributed by atoms with E-state index in [1.54, 1.807) is 0 Å². The van der Waals surface area contributed by atoms with Gasteiger partial charge in [-0.15, -0.1) is 0 Å². The highest BCUT2D eigenvalue weighted by molar-refractivity contribution is 7.80. The van der Waals surface area contributed by atoms with E-state index < -0.39 is 0 Å². The topological polar surface area (TPSA) is 48.1 Å². The molecule has 0 unspecified atom stereocenters. The van der Waals surface area contributed by atoms with Crippen LogP contribution in [0.15, 0.2) is 24.3 Å². The van der Waals surface area contributed by atoms with Gasteiger partial charge < -0.3 is 10.6 Å². The number of rotatable bonds is 3. The molecule has 0 bridgehead atoms. The Kier molecular flexibility index (Phi) is 7.44. The van der Waals surface area contributed by atoms with Crippen molar-refractivity contribution < 1.29 is 0 Å². The van der Waals surface area contributed by atoms with Crippen molar-refractivity contribution in [3.8, 4) is 0 Å². The molecule has 1 aromatic carbocycles. The Labute approximate surface area is 162 Å². The van der Waals surface area contributed by atoms with Crippen molar-refractivity contribution in [1.29, 1.82) is 0 Å². The van der Waals surface area contributed by atoms with Crippen LogP contribution in [0.5, 0.6) is 0 Å². The lowest BCUT2D eigenvalue weighted by Crippen LogP contribution is -2.53. The highest BCUT2D eigenvalue weighted by atomic mass is 32.1. The van der Waals surface area contributed by atoms with Crippen molar-refractivity contribution >= 4 is 40.3 Å². The van der Waals surface area contributed by atoms with Crippen LogP contribution in [0, 0.1) is 11.8 Å². The Balaban J connectivity index is 1.74. The molecule has 0 aliphatic heterocycles. The number of hydrogen-bond acceptors (Lipinski definition) is 2. The van der Waals surface area contributed by atoms with E-state index >= 15 is 0 Å². The summed E-state index contributed by atoms with van der Waals surface area (Å²) in [5, 5.41) is 7.64. The average Bonchev–Trinajstić information content (AvgIpc) is 2.58. The van der Waals surface area contributed by atoms with Gasteiger partial charge >= 0.3 is 0 Å². The second-order valence-corrected chi connectivity index (χ2v) is 8.14. The predicted molar refractivity (Wildman–Crippen MR) is 115 cm³/mol. The zero-order chi connectivity index (χ0) is 18.4. The van der Waals surface area contributed by atoms with Crippen LogP contribution in [-0.2, 0) is 0 Å². The zero-order valence-electron chi connectivity index (χ0n) is 15.6. The van der Waals surface area contributed by atoms with E-state index in [4.69, 9.17) is 24.4 Å². The lowest BCUT2D eigenvalue weighted by atomic mass is 9.78. The summed E-state index contributed by atoms with van der Waals surface area (Å²) in [5.41, 5.74) is 8.20. The largest absolute Gasteiger partial charge is 0.358 e. The van der Waals surface area contributed by atoms with E-state index in [0.29, 0.717) is 28.1 Å². The van der Waals surface area contributed by atoms with Crippen molar-refractivity contribution in [3.63, 3.8) is 0 Å². The molecule has 3 atom stereocenters. The molecule has 0 radical (unpaired) electrons. The molecule has 138 valence electrons. The monoisotopic (exact) mass is 378 g/mol. The van der Waals surface area contributed by atoms with Gasteiger partial charge in [0.1, 0.15) is 0 Å². The van der Waals surface area contributed by atoms with Gasteiger partial charge in [0.2, 0.25) is 0 Å². The molecule has 0 spiro atoms. The summed E-state index contributed by atoms with van der Waals surface area (Å²) in [6, 6.07) is 8.72. The van der Waals surface area contributed by atoms with Gasteiger partial charge in [0, 0.05) is 11.7 Å². The third-order valence-electron chi connectivity index (χ3n) is 5.15. The predicted octanol–water partition coefficient (Wildman–Crippen LogP) is 4.30. The van der Waals surface area contributed by atoms with Gasteiger partial charge in [0.15, 0.2) is 10.2 Å². The molecule has 0 saturated heterocycles. The van der Waals surface area contributed by atoms with Crippen LogP contribution in [0.4, 0.5) is 5.69 Å². The van der Waals surface area contributed by atoms with E-state index in [1.807, 2.05) is 12.1 Å². The first-order valence-corrected chi connectivity index (χ1v) is 9.92. The lowest BCUT2D eigenvalue weighted by molar-refractivity contribution is 0.224. The first-order chi connectivity index (χ1) is 11.9. The summed E-state index contributed by atoms with van der Waals surface area (Å²) in [6.45, 7) is 8.97. The molecule has 1 aliphatic carbocycles. The van der Waals surface area contributed by atoms with Gasteiger partial charge in [0.05, 0.1) is 0 Å². The van der Waals surface area contributed by atoms with Crippen LogP contribution >= 0.6 is 24.4 Å². The van der Waals surface area contributed by atoms with Crippen LogP contribution < -0.4 is 21.5 Å². The molecular weight excluding hydrogens is 348 g/mol. The fourth-order valence-corrected chi connectivity index (χ4v) is 3.59. The number of benzene rings is 1. The fraction of sp³-hybridized carbons (Fsp3) is 0.579. The summed E-state index contributed by atoms with van der Waals surface area (Å²) in [6.07, 6.45) is 3.73. The third kappa shape index (κ3) is 6.12. The molecule has 0 amide bonds. The molecule has 25 heavy (non-hydrogen) atoms. The Morgan fingerprint density at radius 2 is 1.64 bits per heavy atom. The molecule has 1 aromatic rings. The first-order valence-electron chi connectivity index (χ1n) is 9.10. The molecule has 4 nitrogen and oxygen atoms in total. The van der Waals surface area contributed by atoms with Crippen LogP contribution in [0.25, 0.3) is 0 Å². The molecule has 0 aromatic heterocycles. The third-order valence-corrected chi connectivity index (χ3v) is 5.57. The van der Waals surface area contributed by atoms with E-state index in [2.05, 4.69) is 61.3 Å². The second-order valence-electron chi connectivity index (χ2n) is 7.33. The minimum atomic E-state index is 0.427. The quantitative estimate of drug-likeness (QED) is 0.465. The number of hydrazine groups is 1. The van der Waals surface area contributed by atoms with Crippen LogP contribution in [0.1, 0.15) is 58.4 Å².